The SMILES string of the molecule is Cc1cccc(C2CCCN2C(=O)c2csc(=O)[nH]2)c1C. The van der Waals surface area contributed by atoms with E-state index in [0.29, 0.717) is 5.69 Å². The van der Waals surface area contributed by atoms with Gasteiger partial charge in [-0.3, -0.25) is 9.59 Å². The number of nitrogens with one attached hydrogen (secondary N) is 1. The lowest BCUT2D eigenvalue weighted by molar-refractivity contribution is 0.0730. The molecule has 21 heavy (non-hydrogen) atoms. The summed E-state index contributed by atoms with van der Waals surface area (Å²) < 4.78 is 0. The van der Waals surface area contributed by atoms with E-state index in [4.69, 9.17) is 0 Å². The first-order chi connectivity index (χ1) is 10.1. The minimum atomic E-state index is -0.180. The van der Waals surface area contributed by atoms with E-state index in [1.807, 2.05) is 11.0 Å². The summed E-state index contributed by atoms with van der Waals surface area (Å²) in [7, 11) is 0. The van der Waals surface area contributed by atoms with Crippen LogP contribution in [0.25, 0.3) is 0 Å². The maximum atomic E-state index is 12.6. The summed E-state index contributed by atoms with van der Waals surface area (Å²) in [4.78, 5) is 28.2. The number of thiazole rings is 1. The molecule has 1 saturated heterocycles. The third-order valence-electron chi connectivity index (χ3n) is 4.27. The van der Waals surface area contributed by atoms with Gasteiger partial charge in [0.1, 0.15) is 5.69 Å². The highest BCUT2D eigenvalue weighted by molar-refractivity contribution is 7.07. The first kappa shape index (κ1) is 14.1. The van der Waals surface area contributed by atoms with Gasteiger partial charge in [0, 0.05) is 11.9 Å². The van der Waals surface area contributed by atoms with Crippen molar-refractivity contribution >= 4 is 17.2 Å². The number of rotatable bonds is 2. The molecule has 0 saturated carbocycles. The van der Waals surface area contributed by atoms with Crippen molar-refractivity contribution in [1.29, 1.82) is 0 Å². The van der Waals surface area contributed by atoms with Gasteiger partial charge in [-0.05, 0) is 43.4 Å². The molecule has 0 aliphatic carbocycles. The second-order valence-corrected chi connectivity index (χ2v) is 6.35. The molecule has 110 valence electrons. The Labute approximate surface area is 127 Å². The van der Waals surface area contributed by atoms with E-state index in [9.17, 15) is 9.59 Å². The third-order valence-corrected chi connectivity index (χ3v) is 4.94. The van der Waals surface area contributed by atoms with Crippen LogP contribution in [0.5, 0.6) is 0 Å². The molecule has 4 nitrogen and oxygen atoms in total. The van der Waals surface area contributed by atoms with E-state index in [1.165, 1.54) is 16.7 Å². The molecule has 1 fully saturated rings. The van der Waals surface area contributed by atoms with Gasteiger partial charge in [0.05, 0.1) is 6.04 Å². The van der Waals surface area contributed by atoms with Gasteiger partial charge in [-0.1, -0.05) is 29.5 Å². The number of carbonyl (C=O) groups is 1. The van der Waals surface area contributed by atoms with Gasteiger partial charge in [0.2, 0.25) is 0 Å². The summed E-state index contributed by atoms with van der Waals surface area (Å²) in [5.74, 6) is -0.0724. The average Bonchev–Trinajstić information content (AvgIpc) is 3.10. The van der Waals surface area contributed by atoms with E-state index in [-0.39, 0.29) is 16.8 Å². The van der Waals surface area contributed by atoms with Crippen molar-refractivity contribution < 1.29 is 4.79 Å². The summed E-state index contributed by atoms with van der Waals surface area (Å²) in [5, 5.41) is 1.61. The molecule has 1 amide bonds. The molecule has 1 N–H and O–H groups in total. The van der Waals surface area contributed by atoms with Crippen LogP contribution in [0.4, 0.5) is 0 Å². The first-order valence-electron chi connectivity index (χ1n) is 7.13. The van der Waals surface area contributed by atoms with Gasteiger partial charge >= 0.3 is 4.87 Å². The summed E-state index contributed by atoms with van der Waals surface area (Å²) in [5.41, 5.74) is 4.12. The lowest BCUT2D eigenvalue weighted by atomic mass is 9.96. The molecule has 2 aromatic rings. The number of hydrogen-bond donors (Lipinski definition) is 1. The highest BCUT2D eigenvalue weighted by atomic mass is 32.1. The Morgan fingerprint density at radius 3 is 2.90 bits per heavy atom. The van der Waals surface area contributed by atoms with Gasteiger partial charge in [-0.15, -0.1) is 0 Å². The van der Waals surface area contributed by atoms with E-state index >= 15 is 0 Å². The quantitative estimate of drug-likeness (QED) is 0.927. The normalized spacial score (nSPS) is 18.2. The number of H-pyrrole nitrogens is 1. The first-order valence-corrected chi connectivity index (χ1v) is 8.01. The second-order valence-electron chi connectivity index (χ2n) is 5.51. The van der Waals surface area contributed by atoms with Crippen LogP contribution in [-0.4, -0.2) is 22.3 Å². The molecule has 1 aromatic heterocycles. The largest absolute Gasteiger partial charge is 0.330 e. The zero-order chi connectivity index (χ0) is 15.0. The van der Waals surface area contributed by atoms with E-state index < -0.39 is 0 Å². The topological polar surface area (TPSA) is 53.2 Å². The molecule has 0 spiro atoms. The molecule has 1 unspecified atom stereocenters. The second kappa shape index (κ2) is 5.48. The van der Waals surface area contributed by atoms with Crippen molar-refractivity contribution in [2.75, 3.05) is 6.54 Å². The number of nitrogens with zero attached hydrogens (tertiary/aromatic N) is 1. The Bertz CT molecular complexity index is 732. The number of aryl methyl sites for hydroxylation is 1. The van der Waals surface area contributed by atoms with Crippen molar-refractivity contribution in [3.63, 3.8) is 0 Å². The van der Waals surface area contributed by atoms with Crippen LogP contribution in [0, 0.1) is 13.8 Å². The van der Waals surface area contributed by atoms with Crippen LogP contribution in [0.1, 0.15) is 46.1 Å². The van der Waals surface area contributed by atoms with Gasteiger partial charge < -0.3 is 9.88 Å². The lowest BCUT2D eigenvalue weighted by Crippen LogP contribution is -2.31. The van der Waals surface area contributed by atoms with Gasteiger partial charge in [0.15, 0.2) is 0 Å². The standard InChI is InChI=1S/C16H18N2O2S/c1-10-5-3-6-12(11(10)2)14-7-4-8-18(14)15(19)13-9-21-16(20)17-13/h3,5-6,9,14H,4,7-8H2,1-2H3,(H,17,20). The van der Waals surface area contributed by atoms with E-state index in [0.717, 1.165) is 30.7 Å². The summed E-state index contributed by atoms with van der Waals surface area (Å²) >= 11 is 1.04. The van der Waals surface area contributed by atoms with Crippen LogP contribution in [-0.2, 0) is 0 Å². The average molecular weight is 302 g/mol. The Morgan fingerprint density at radius 2 is 2.19 bits per heavy atom. The van der Waals surface area contributed by atoms with Crippen molar-refractivity contribution in [2.24, 2.45) is 0 Å². The number of carbonyl (C=O) groups excluding carboxylic acids is 1. The summed E-state index contributed by atoms with van der Waals surface area (Å²) in [6.45, 7) is 4.95. The smallest absolute Gasteiger partial charge is 0.305 e. The molecule has 0 radical (unpaired) electrons. The number of likely N-dealkylation sites (tertiary alicyclic amines) is 1. The number of aromatic amines is 1. The fourth-order valence-corrected chi connectivity index (χ4v) is 3.56. The highest BCUT2D eigenvalue weighted by Crippen LogP contribution is 2.35. The summed E-state index contributed by atoms with van der Waals surface area (Å²) in [6.07, 6.45) is 1.97. The monoisotopic (exact) mass is 302 g/mol. The Hall–Kier alpha value is -1.88. The zero-order valence-corrected chi connectivity index (χ0v) is 13.0. The number of aromatic nitrogens is 1. The molecule has 0 bridgehead atoms. The van der Waals surface area contributed by atoms with Gasteiger partial charge in [0.25, 0.3) is 5.91 Å². The number of benzene rings is 1. The Kier molecular flexibility index (Phi) is 3.68. The van der Waals surface area contributed by atoms with Crippen LogP contribution in [0.2, 0.25) is 0 Å². The molecule has 1 aliphatic heterocycles. The molecule has 1 atom stereocenters. The fraction of sp³-hybridized carbons (Fsp3) is 0.375. The number of hydrogen-bond acceptors (Lipinski definition) is 3. The molecular weight excluding hydrogens is 284 g/mol. The predicted molar refractivity (Wildman–Crippen MR) is 83.9 cm³/mol. The van der Waals surface area contributed by atoms with Crippen LogP contribution < -0.4 is 4.87 Å². The van der Waals surface area contributed by atoms with Crippen molar-refractivity contribution in [1.82, 2.24) is 9.88 Å². The number of amides is 1. The Morgan fingerprint density at radius 1 is 1.38 bits per heavy atom. The van der Waals surface area contributed by atoms with Crippen molar-refractivity contribution in [2.45, 2.75) is 32.7 Å². The van der Waals surface area contributed by atoms with Crippen molar-refractivity contribution in [3.05, 3.63) is 55.6 Å². The minimum Gasteiger partial charge on any atom is -0.330 e. The van der Waals surface area contributed by atoms with E-state index in [1.54, 1.807) is 5.38 Å². The minimum absolute atomic E-state index is 0.0724. The van der Waals surface area contributed by atoms with Crippen LogP contribution in [0.15, 0.2) is 28.4 Å². The predicted octanol–water partition coefficient (Wildman–Crippen LogP) is 3.03. The molecule has 1 aromatic carbocycles. The van der Waals surface area contributed by atoms with Crippen molar-refractivity contribution in [3.8, 4) is 0 Å². The third kappa shape index (κ3) is 2.53. The fourth-order valence-electron chi connectivity index (χ4n) is 3.01. The molecular formula is C16H18N2O2S. The zero-order valence-electron chi connectivity index (χ0n) is 12.2. The van der Waals surface area contributed by atoms with Gasteiger partial charge in [-0.2, -0.15) is 0 Å². The molecule has 3 rings (SSSR count). The summed E-state index contributed by atoms with van der Waals surface area (Å²) in [6, 6.07) is 6.36. The maximum Gasteiger partial charge on any atom is 0.305 e. The molecule has 2 heterocycles. The van der Waals surface area contributed by atoms with Crippen LogP contribution in [0.3, 0.4) is 0 Å². The lowest BCUT2D eigenvalue weighted by Gasteiger charge is -2.26. The molecule has 5 heteroatoms. The Balaban J connectivity index is 1.94. The maximum absolute atomic E-state index is 12.6. The van der Waals surface area contributed by atoms with Gasteiger partial charge in [-0.25, -0.2) is 0 Å². The highest BCUT2D eigenvalue weighted by Gasteiger charge is 2.32. The van der Waals surface area contributed by atoms with E-state index in [2.05, 4.69) is 31.0 Å². The van der Waals surface area contributed by atoms with Crippen LogP contribution >= 0.6 is 11.3 Å². The molecule has 1 aliphatic rings.